The van der Waals surface area contributed by atoms with Crippen LogP contribution in [0.2, 0.25) is 0 Å². The van der Waals surface area contributed by atoms with Crippen molar-refractivity contribution in [2.45, 2.75) is 0 Å². The van der Waals surface area contributed by atoms with E-state index in [0.29, 0.717) is 22.9 Å². The van der Waals surface area contributed by atoms with Gasteiger partial charge >= 0.3 is 5.69 Å². The van der Waals surface area contributed by atoms with Crippen molar-refractivity contribution in [2.24, 2.45) is 0 Å². The Morgan fingerprint density at radius 1 is 1.04 bits per heavy atom. The number of nitriles is 1. The van der Waals surface area contributed by atoms with Gasteiger partial charge in [0, 0.05) is 6.20 Å². The van der Waals surface area contributed by atoms with Crippen LogP contribution in [-0.2, 0) is 0 Å². The Morgan fingerprint density at radius 3 is 2.36 bits per heavy atom. The molecule has 3 rings (SSSR count). The summed E-state index contributed by atoms with van der Waals surface area (Å²) in [5.74, 6) is 1.71. The number of rotatable bonds is 4. The summed E-state index contributed by atoms with van der Waals surface area (Å²) in [5.41, 5.74) is -0.985. The zero-order valence-corrected chi connectivity index (χ0v) is 13.2. The summed E-state index contributed by atoms with van der Waals surface area (Å²) < 4.78 is 12.2. The second-order valence-electron chi connectivity index (χ2n) is 5.03. The topological polar surface area (TPSA) is 97.1 Å². The first-order valence-electron chi connectivity index (χ1n) is 7.30. The number of para-hydroxylation sites is 2. The van der Waals surface area contributed by atoms with Crippen molar-refractivity contribution in [2.75, 3.05) is 7.11 Å². The van der Waals surface area contributed by atoms with Gasteiger partial charge in [-0.2, -0.15) is 5.26 Å². The van der Waals surface area contributed by atoms with Crippen molar-refractivity contribution in [1.82, 2.24) is 9.55 Å². The highest BCUT2D eigenvalue weighted by Crippen LogP contribution is 2.31. The van der Waals surface area contributed by atoms with Gasteiger partial charge in [0.2, 0.25) is 0 Å². The SMILES string of the molecule is COc1ccccc1Oc1ccc(-n2cc(C#N)c(=O)[nH]c2=O)cc1. The van der Waals surface area contributed by atoms with Crippen LogP contribution in [0.4, 0.5) is 0 Å². The standard InChI is InChI=1S/C18H13N3O4/c1-24-15-4-2-3-5-16(15)25-14-8-6-13(7-9-14)21-11-12(10-19)17(22)20-18(21)23/h2-9,11H,1H3,(H,20,22,23). The molecule has 0 bridgehead atoms. The van der Waals surface area contributed by atoms with Gasteiger partial charge in [0.25, 0.3) is 5.56 Å². The van der Waals surface area contributed by atoms with Crippen molar-refractivity contribution in [3.05, 3.63) is 81.1 Å². The Kier molecular flexibility index (Phi) is 4.35. The summed E-state index contributed by atoms with van der Waals surface area (Å²) in [6.07, 6.45) is 1.21. The van der Waals surface area contributed by atoms with Crippen LogP contribution >= 0.6 is 0 Å². The fourth-order valence-electron chi connectivity index (χ4n) is 2.25. The minimum atomic E-state index is -0.708. The highest BCUT2D eigenvalue weighted by atomic mass is 16.5. The molecular formula is C18H13N3O4. The largest absolute Gasteiger partial charge is 0.493 e. The van der Waals surface area contributed by atoms with Gasteiger partial charge in [0.05, 0.1) is 12.8 Å². The molecule has 1 heterocycles. The summed E-state index contributed by atoms with van der Waals surface area (Å²) in [6, 6.07) is 15.6. The van der Waals surface area contributed by atoms with Crippen LogP contribution in [0.3, 0.4) is 0 Å². The van der Waals surface area contributed by atoms with Gasteiger partial charge in [-0.25, -0.2) is 4.79 Å². The lowest BCUT2D eigenvalue weighted by Crippen LogP contribution is -2.29. The normalized spacial score (nSPS) is 10.1. The molecule has 25 heavy (non-hydrogen) atoms. The fraction of sp³-hybridized carbons (Fsp3) is 0.0556. The molecule has 3 aromatic rings. The third-order valence-corrected chi connectivity index (χ3v) is 3.47. The molecule has 0 fully saturated rings. The van der Waals surface area contributed by atoms with Crippen LogP contribution in [-0.4, -0.2) is 16.7 Å². The highest BCUT2D eigenvalue weighted by Gasteiger charge is 2.07. The molecule has 7 heteroatoms. The number of aromatic amines is 1. The molecule has 0 aliphatic heterocycles. The average molecular weight is 335 g/mol. The quantitative estimate of drug-likeness (QED) is 0.788. The maximum atomic E-state index is 11.9. The van der Waals surface area contributed by atoms with Gasteiger partial charge < -0.3 is 9.47 Å². The molecule has 0 aliphatic rings. The Bertz CT molecular complexity index is 1060. The first-order chi connectivity index (χ1) is 12.1. The van der Waals surface area contributed by atoms with Crippen LogP contribution in [0.25, 0.3) is 5.69 Å². The first-order valence-corrected chi connectivity index (χ1v) is 7.30. The molecule has 0 spiro atoms. The van der Waals surface area contributed by atoms with E-state index in [1.165, 1.54) is 10.8 Å². The molecule has 0 radical (unpaired) electrons. The lowest BCUT2D eigenvalue weighted by molar-refractivity contribution is 0.379. The zero-order valence-electron chi connectivity index (χ0n) is 13.2. The molecule has 1 N–H and O–H groups in total. The van der Waals surface area contributed by atoms with E-state index in [1.807, 2.05) is 12.1 Å². The number of nitrogens with one attached hydrogen (secondary N) is 1. The van der Waals surface area contributed by atoms with Crippen LogP contribution in [0.5, 0.6) is 17.2 Å². The number of aromatic nitrogens is 2. The number of hydrogen-bond acceptors (Lipinski definition) is 5. The fourth-order valence-corrected chi connectivity index (χ4v) is 2.25. The number of hydrogen-bond donors (Lipinski definition) is 1. The molecule has 1 aromatic heterocycles. The molecule has 0 aliphatic carbocycles. The van der Waals surface area contributed by atoms with Crippen molar-refractivity contribution in [3.63, 3.8) is 0 Å². The molecule has 0 atom stereocenters. The number of ether oxygens (including phenoxy) is 2. The highest BCUT2D eigenvalue weighted by molar-refractivity contribution is 5.44. The predicted octanol–water partition coefficient (Wildman–Crippen LogP) is 2.20. The molecular weight excluding hydrogens is 322 g/mol. The van der Waals surface area contributed by atoms with Crippen LogP contribution < -0.4 is 20.7 Å². The maximum absolute atomic E-state index is 11.9. The lowest BCUT2D eigenvalue weighted by Gasteiger charge is -2.11. The summed E-state index contributed by atoms with van der Waals surface area (Å²) in [5, 5.41) is 8.92. The summed E-state index contributed by atoms with van der Waals surface area (Å²) in [6.45, 7) is 0. The van der Waals surface area contributed by atoms with E-state index in [9.17, 15) is 9.59 Å². The summed E-state index contributed by atoms with van der Waals surface area (Å²) >= 11 is 0. The van der Waals surface area contributed by atoms with E-state index >= 15 is 0 Å². The van der Waals surface area contributed by atoms with Crippen molar-refractivity contribution in [3.8, 4) is 29.0 Å². The molecule has 0 saturated carbocycles. The Hall–Kier alpha value is -3.79. The van der Waals surface area contributed by atoms with Crippen molar-refractivity contribution in [1.29, 1.82) is 5.26 Å². The van der Waals surface area contributed by atoms with E-state index in [1.54, 1.807) is 49.6 Å². The Labute approximate surface area is 142 Å². The number of H-pyrrole nitrogens is 1. The van der Waals surface area contributed by atoms with Gasteiger partial charge in [0.1, 0.15) is 17.4 Å². The van der Waals surface area contributed by atoms with E-state index < -0.39 is 11.2 Å². The molecule has 2 aromatic carbocycles. The average Bonchev–Trinajstić information content (AvgIpc) is 2.63. The van der Waals surface area contributed by atoms with Gasteiger partial charge in [-0.3, -0.25) is 14.3 Å². The monoisotopic (exact) mass is 335 g/mol. The van der Waals surface area contributed by atoms with Crippen LogP contribution in [0.15, 0.2) is 64.3 Å². The Morgan fingerprint density at radius 2 is 1.72 bits per heavy atom. The Balaban J connectivity index is 1.92. The molecule has 7 nitrogen and oxygen atoms in total. The zero-order chi connectivity index (χ0) is 17.8. The summed E-state index contributed by atoms with van der Waals surface area (Å²) in [7, 11) is 1.56. The van der Waals surface area contributed by atoms with E-state index in [2.05, 4.69) is 4.98 Å². The molecule has 124 valence electrons. The van der Waals surface area contributed by atoms with Gasteiger partial charge in [-0.05, 0) is 36.4 Å². The number of nitrogens with zero attached hydrogens (tertiary/aromatic N) is 2. The smallest absolute Gasteiger partial charge is 0.332 e. The number of benzene rings is 2. The van der Waals surface area contributed by atoms with E-state index in [4.69, 9.17) is 14.7 Å². The van der Waals surface area contributed by atoms with Crippen LogP contribution in [0, 0.1) is 11.3 Å². The van der Waals surface area contributed by atoms with E-state index in [-0.39, 0.29) is 5.56 Å². The van der Waals surface area contributed by atoms with Gasteiger partial charge in [-0.1, -0.05) is 12.1 Å². The van der Waals surface area contributed by atoms with Gasteiger partial charge in [-0.15, -0.1) is 0 Å². The van der Waals surface area contributed by atoms with Crippen molar-refractivity contribution >= 4 is 0 Å². The molecule has 0 saturated heterocycles. The summed E-state index contributed by atoms with van der Waals surface area (Å²) in [4.78, 5) is 25.5. The maximum Gasteiger partial charge on any atom is 0.332 e. The number of methoxy groups -OCH3 is 1. The third kappa shape index (κ3) is 3.28. The molecule has 0 amide bonds. The second-order valence-corrected chi connectivity index (χ2v) is 5.03. The first kappa shape index (κ1) is 16.1. The van der Waals surface area contributed by atoms with E-state index in [0.717, 1.165) is 0 Å². The second kappa shape index (κ2) is 6.76. The lowest BCUT2D eigenvalue weighted by atomic mass is 10.2. The molecule has 0 unspecified atom stereocenters. The minimum absolute atomic E-state index is 0.144. The van der Waals surface area contributed by atoms with Crippen LogP contribution in [0.1, 0.15) is 5.56 Å². The van der Waals surface area contributed by atoms with Crippen molar-refractivity contribution < 1.29 is 9.47 Å². The predicted molar refractivity (Wildman–Crippen MR) is 90.4 cm³/mol. The third-order valence-electron chi connectivity index (χ3n) is 3.47. The van der Waals surface area contributed by atoms with Gasteiger partial charge in [0.15, 0.2) is 11.5 Å². The minimum Gasteiger partial charge on any atom is -0.493 e.